The van der Waals surface area contributed by atoms with Gasteiger partial charge >= 0.3 is 5.97 Å². The molecule has 0 aromatic heterocycles. The number of rotatable bonds is 3. The van der Waals surface area contributed by atoms with Gasteiger partial charge in [-0.05, 0) is 24.6 Å². The third-order valence-electron chi connectivity index (χ3n) is 2.22. The summed E-state index contributed by atoms with van der Waals surface area (Å²) >= 11 is 0. The zero-order chi connectivity index (χ0) is 12.3. The fourth-order valence-corrected chi connectivity index (χ4v) is 1.48. The van der Waals surface area contributed by atoms with Gasteiger partial charge in [0.25, 0.3) is 0 Å². The standard InChI is InChI=1S/C11H14N2O3/c1-6(13-7(2)14)9-4-3-8(11(15)16)5-10(9)12/h3-6H,12H2,1-2H3,(H,13,14)(H,15,16). The first-order valence-electron chi connectivity index (χ1n) is 4.81. The molecule has 5 heteroatoms. The predicted octanol–water partition coefficient (Wildman–Crippen LogP) is 1.16. The van der Waals surface area contributed by atoms with Crippen molar-refractivity contribution in [1.82, 2.24) is 5.32 Å². The molecule has 0 aliphatic carbocycles. The van der Waals surface area contributed by atoms with Crippen molar-refractivity contribution < 1.29 is 14.7 Å². The Morgan fingerprint density at radius 1 is 1.44 bits per heavy atom. The van der Waals surface area contributed by atoms with Crippen LogP contribution in [-0.2, 0) is 4.79 Å². The summed E-state index contributed by atoms with van der Waals surface area (Å²) in [6, 6.07) is 4.22. The number of nitrogens with one attached hydrogen (secondary N) is 1. The number of anilines is 1. The first kappa shape index (κ1) is 12.0. The average Bonchev–Trinajstić information content (AvgIpc) is 2.15. The highest BCUT2D eigenvalue weighted by Gasteiger charge is 2.12. The molecule has 0 radical (unpaired) electrons. The molecule has 86 valence electrons. The van der Waals surface area contributed by atoms with Crippen LogP contribution in [-0.4, -0.2) is 17.0 Å². The van der Waals surface area contributed by atoms with Gasteiger partial charge in [0.2, 0.25) is 5.91 Å². The molecule has 1 aromatic carbocycles. The lowest BCUT2D eigenvalue weighted by atomic mass is 10.0. The Morgan fingerprint density at radius 3 is 2.50 bits per heavy atom. The summed E-state index contributed by atoms with van der Waals surface area (Å²) in [5.74, 6) is -1.18. The van der Waals surface area contributed by atoms with Crippen LogP contribution in [0.5, 0.6) is 0 Å². The fourth-order valence-electron chi connectivity index (χ4n) is 1.48. The van der Waals surface area contributed by atoms with Gasteiger partial charge < -0.3 is 16.2 Å². The molecular formula is C11H14N2O3. The van der Waals surface area contributed by atoms with E-state index in [1.165, 1.54) is 19.1 Å². The van der Waals surface area contributed by atoms with Crippen LogP contribution in [0.4, 0.5) is 5.69 Å². The Labute approximate surface area is 93.3 Å². The number of hydrogen-bond acceptors (Lipinski definition) is 3. The van der Waals surface area contributed by atoms with Gasteiger partial charge in [0.05, 0.1) is 11.6 Å². The van der Waals surface area contributed by atoms with Crippen molar-refractivity contribution in [2.45, 2.75) is 19.9 Å². The first-order valence-corrected chi connectivity index (χ1v) is 4.81. The average molecular weight is 222 g/mol. The Bertz CT molecular complexity index is 429. The largest absolute Gasteiger partial charge is 0.478 e. The minimum atomic E-state index is -1.02. The van der Waals surface area contributed by atoms with E-state index in [-0.39, 0.29) is 17.5 Å². The van der Waals surface area contributed by atoms with E-state index in [0.717, 1.165) is 0 Å². The van der Waals surface area contributed by atoms with Crippen molar-refractivity contribution in [3.8, 4) is 0 Å². The van der Waals surface area contributed by atoms with Crippen molar-refractivity contribution in [3.63, 3.8) is 0 Å². The number of benzene rings is 1. The second kappa shape index (κ2) is 4.65. The minimum Gasteiger partial charge on any atom is -0.478 e. The number of aromatic carboxylic acids is 1. The van der Waals surface area contributed by atoms with Gasteiger partial charge in [-0.25, -0.2) is 4.79 Å². The molecule has 0 saturated carbocycles. The molecule has 0 bridgehead atoms. The zero-order valence-electron chi connectivity index (χ0n) is 9.15. The van der Waals surface area contributed by atoms with Gasteiger partial charge in [-0.1, -0.05) is 6.07 Å². The quantitative estimate of drug-likeness (QED) is 0.669. The summed E-state index contributed by atoms with van der Waals surface area (Å²) in [4.78, 5) is 21.6. The van der Waals surface area contributed by atoms with E-state index in [9.17, 15) is 9.59 Å². The number of carbonyl (C=O) groups is 2. The van der Waals surface area contributed by atoms with E-state index in [2.05, 4.69) is 5.32 Å². The maximum absolute atomic E-state index is 10.9. The molecule has 0 aliphatic heterocycles. The van der Waals surface area contributed by atoms with E-state index < -0.39 is 5.97 Å². The van der Waals surface area contributed by atoms with Crippen LogP contribution in [0, 0.1) is 0 Å². The van der Waals surface area contributed by atoms with Crippen molar-refractivity contribution in [3.05, 3.63) is 29.3 Å². The monoisotopic (exact) mass is 222 g/mol. The van der Waals surface area contributed by atoms with E-state index in [0.29, 0.717) is 11.3 Å². The maximum Gasteiger partial charge on any atom is 0.335 e. The third kappa shape index (κ3) is 2.73. The number of hydrogen-bond donors (Lipinski definition) is 3. The second-order valence-electron chi connectivity index (χ2n) is 3.57. The molecule has 0 fully saturated rings. The fraction of sp³-hybridized carbons (Fsp3) is 0.273. The minimum absolute atomic E-state index is 0.135. The smallest absolute Gasteiger partial charge is 0.335 e. The Morgan fingerprint density at radius 2 is 2.06 bits per heavy atom. The molecule has 0 spiro atoms. The molecule has 1 unspecified atom stereocenters. The normalized spacial score (nSPS) is 11.9. The van der Waals surface area contributed by atoms with Gasteiger partial charge in [-0.2, -0.15) is 0 Å². The zero-order valence-corrected chi connectivity index (χ0v) is 9.15. The highest BCUT2D eigenvalue weighted by Crippen LogP contribution is 2.21. The molecule has 5 nitrogen and oxygen atoms in total. The van der Waals surface area contributed by atoms with Crippen LogP contribution in [0.3, 0.4) is 0 Å². The molecule has 1 atom stereocenters. The summed E-state index contributed by atoms with van der Waals surface area (Å²) in [5.41, 5.74) is 6.93. The molecule has 1 amide bonds. The number of carboxylic acid groups (broad SMARTS) is 1. The van der Waals surface area contributed by atoms with Crippen molar-refractivity contribution in [2.24, 2.45) is 0 Å². The Balaban J connectivity index is 2.98. The van der Waals surface area contributed by atoms with Crippen molar-refractivity contribution in [2.75, 3.05) is 5.73 Å². The van der Waals surface area contributed by atoms with Crippen LogP contribution in [0.25, 0.3) is 0 Å². The molecule has 0 saturated heterocycles. The van der Waals surface area contributed by atoms with E-state index in [1.807, 2.05) is 0 Å². The number of amides is 1. The van der Waals surface area contributed by atoms with Crippen LogP contribution in [0.1, 0.15) is 35.8 Å². The lowest BCUT2D eigenvalue weighted by Gasteiger charge is -2.15. The van der Waals surface area contributed by atoms with Gasteiger partial charge in [0.1, 0.15) is 0 Å². The molecular weight excluding hydrogens is 208 g/mol. The van der Waals surface area contributed by atoms with Crippen LogP contribution < -0.4 is 11.1 Å². The summed E-state index contributed by atoms with van der Waals surface area (Å²) in [7, 11) is 0. The molecule has 16 heavy (non-hydrogen) atoms. The van der Waals surface area contributed by atoms with Crippen LogP contribution in [0.15, 0.2) is 18.2 Å². The topological polar surface area (TPSA) is 92.4 Å². The highest BCUT2D eigenvalue weighted by molar-refractivity contribution is 5.89. The van der Waals surface area contributed by atoms with Crippen LogP contribution in [0.2, 0.25) is 0 Å². The molecule has 1 aromatic rings. The summed E-state index contributed by atoms with van der Waals surface area (Å²) < 4.78 is 0. The van der Waals surface area contributed by atoms with E-state index >= 15 is 0 Å². The Hall–Kier alpha value is -2.04. The Kier molecular flexibility index (Phi) is 3.50. The van der Waals surface area contributed by atoms with Gasteiger partial charge in [-0.15, -0.1) is 0 Å². The second-order valence-corrected chi connectivity index (χ2v) is 3.57. The van der Waals surface area contributed by atoms with Crippen molar-refractivity contribution >= 4 is 17.6 Å². The molecule has 1 rings (SSSR count). The van der Waals surface area contributed by atoms with Gasteiger partial charge in [-0.3, -0.25) is 4.79 Å². The molecule has 0 heterocycles. The first-order chi connectivity index (χ1) is 7.41. The van der Waals surface area contributed by atoms with Gasteiger partial charge in [0, 0.05) is 12.6 Å². The SMILES string of the molecule is CC(=O)NC(C)c1ccc(C(=O)O)cc1N. The summed E-state index contributed by atoms with van der Waals surface area (Å²) in [6.07, 6.45) is 0. The van der Waals surface area contributed by atoms with E-state index in [4.69, 9.17) is 10.8 Å². The van der Waals surface area contributed by atoms with Gasteiger partial charge in [0.15, 0.2) is 0 Å². The molecule has 4 N–H and O–H groups in total. The van der Waals surface area contributed by atoms with E-state index in [1.54, 1.807) is 13.0 Å². The molecule has 0 aliphatic rings. The number of nitrogen functional groups attached to an aromatic ring is 1. The summed E-state index contributed by atoms with van der Waals surface area (Å²) in [6.45, 7) is 3.20. The highest BCUT2D eigenvalue weighted by atomic mass is 16.4. The number of nitrogens with two attached hydrogens (primary N) is 1. The van der Waals surface area contributed by atoms with Crippen molar-refractivity contribution in [1.29, 1.82) is 0 Å². The summed E-state index contributed by atoms with van der Waals surface area (Å²) in [5, 5.41) is 11.4. The van der Waals surface area contributed by atoms with Crippen LogP contribution >= 0.6 is 0 Å². The number of carboxylic acids is 1. The lowest BCUT2D eigenvalue weighted by Crippen LogP contribution is -2.24. The third-order valence-corrected chi connectivity index (χ3v) is 2.22. The predicted molar refractivity (Wildman–Crippen MR) is 60.0 cm³/mol. The lowest BCUT2D eigenvalue weighted by molar-refractivity contribution is -0.119. The number of carbonyl (C=O) groups excluding carboxylic acids is 1. The maximum atomic E-state index is 10.9.